The predicted octanol–water partition coefficient (Wildman–Crippen LogP) is 1.92. The normalized spacial score (nSPS) is 18.6. The number of rotatable bonds is 3. The fourth-order valence-corrected chi connectivity index (χ4v) is 2.55. The van der Waals surface area contributed by atoms with Crippen LogP contribution in [0.3, 0.4) is 0 Å². The van der Waals surface area contributed by atoms with Gasteiger partial charge in [-0.2, -0.15) is 0 Å². The van der Waals surface area contributed by atoms with Crippen LogP contribution in [0.1, 0.15) is 29.5 Å². The zero-order chi connectivity index (χ0) is 13.2. The first-order chi connectivity index (χ1) is 8.49. The molecule has 1 aliphatic rings. The molecule has 1 fully saturated rings. The number of ether oxygens (including phenoxy) is 1. The van der Waals surface area contributed by atoms with Gasteiger partial charge in [0.2, 0.25) is 0 Å². The van der Waals surface area contributed by atoms with Crippen molar-refractivity contribution >= 4 is 5.78 Å². The number of nitrogens with two attached hydrogens (primary N) is 1. The van der Waals surface area contributed by atoms with Gasteiger partial charge in [0.15, 0.2) is 5.78 Å². The van der Waals surface area contributed by atoms with Gasteiger partial charge in [0.1, 0.15) is 0 Å². The van der Waals surface area contributed by atoms with Gasteiger partial charge in [0.25, 0.3) is 0 Å². The average Bonchev–Trinajstić information content (AvgIpc) is 2.28. The zero-order valence-corrected chi connectivity index (χ0v) is 11.2. The summed E-state index contributed by atoms with van der Waals surface area (Å²) >= 11 is 0. The summed E-state index contributed by atoms with van der Waals surface area (Å²) in [5, 5.41) is 0. The fourth-order valence-electron chi connectivity index (χ4n) is 2.55. The van der Waals surface area contributed by atoms with E-state index in [0.29, 0.717) is 32.5 Å². The molecular weight excluding hydrogens is 226 g/mol. The molecule has 1 aromatic rings. The maximum Gasteiger partial charge on any atom is 0.157 e. The van der Waals surface area contributed by atoms with E-state index in [-0.39, 0.29) is 5.78 Å². The highest BCUT2D eigenvalue weighted by atomic mass is 16.5. The van der Waals surface area contributed by atoms with Crippen LogP contribution < -0.4 is 5.73 Å². The summed E-state index contributed by atoms with van der Waals surface area (Å²) in [6.07, 6.45) is 1.70. The minimum atomic E-state index is -0.685. The molecule has 3 nitrogen and oxygen atoms in total. The minimum Gasteiger partial charge on any atom is -0.381 e. The molecule has 0 spiro atoms. The Hall–Kier alpha value is -1.19. The third-order valence-electron chi connectivity index (χ3n) is 3.59. The van der Waals surface area contributed by atoms with Crippen LogP contribution in [0.4, 0.5) is 0 Å². The molecule has 1 saturated heterocycles. The third kappa shape index (κ3) is 2.98. The van der Waals surface area contributed by atoms with Crippen molar-refractivity contribution in [3.8, 4) is 0 Å². The number of hydrogen-bond donors (Lipinski definition) is 1. The third-order valence-corrected chi connectivity index (χ3v) is 3.59. The Bertz CT molecular complexity index is 428. The van der Waals surface area contributed by atoms with Gasteiger partial charge in [-0.1, -0.05) is 29.3 Å². The standard InChI is InChI=1S/C15H21NO2/c1-11-7-12(2)9-13(8-11)10-14(17)15(16)3-5-18-6-4-15/h7-9H,3-6,10,16H2,1-2H3. The first-order valence-electron chi connectivity index (χ1n) is 6.47. The lowest BCUT2D eigenvalue weighted by atomic mass is 9.83. The summed E-state index contributed by atoms with van der Waals surface area (Å²) in [6.45, 7) is 5.28. The summed E-state index contributed by atoms with van der Waals surface area (Å²) in [6, 6.07) is 6.24. The van der Waals surface area contributed by atoms with Crippen LogP contribution in [0.25, 0.3) is 0 Å². The summed E-state index contributed by atoms with van der Waals surface area (Å²) in [5.41, 5.74) is 8.96. The Kier molecular flexibility index (Phi) is 3.83. The van der Waals surface area contributed by atoms with Crippen molar-refractivity contribution in [1.82, 2.24) is 0 Å². The topological polar surface area (TPSA) is 52.3 Å². The van der Waals surface area contributed by atoms with Gasteiger partial charge < -0.3 is 10.5 Å². The van der Waals surface area contributed by atoms with Crippen molar-refractivity contribution in [3.63, 3.8) is 0 Å². The second-order valence-corrected chi connectivity index (χ2v) is 5.36. The first-order valence-corrected chi connectivity index (χ1v) is 6.47. The minimum absolute atomic E-state index is 0.135. The van der Waals surface area contributed by atoms with Gasteiger partial charge in [0, 0.05) is 19.6 Å². The second-order valence-electron chi connectivity index (χ2n) is 5.36. The molecule has 0 atom stereocenters. The Morgan fingerprint density at radius 2 is 1.78 bits per heavy atom. The lowest BCUT2D eigenvalue weighted by Crippen LogP contribution is -2.52. The van der Waals surface area contributed by atoms with Crippen molar-refractivity contribution in [2.75, 3.05) is 13.2 Å². The van der Waals surface area contributed by atoms with Crippen LogP contribution >= 0.6 is 0 Å². The summed E-state index contributed by atoms with van der Waals surface area (Å²) in [5.74, 6) is 0.135. The Morgan fingerprint density at radius 1 is 1.22 bits per heavy atom. The number of benzene rings is 1. The summed E-state index contributed by atoms with van der Waals surface area (Å²) in [4.78, 5) is 12.3. The molecule has 0 aromatic heterocycles. The highest BCUT2D eigenvalue weighted by Crippen LogP contribution is 2.21. The Labute approximate surface area is 108 Å². The Morgan fingerprint density at radius 3 is 2.33 bits per heavy atom. The second kappa shape index (κ2) is 5.21. The van der Waals surface area contributed by atoms with Gasteiger partial charge in [-0.3, -0.25) is 4.79 Å². The monoisotopic (exact) mass is 247 g/mol. The van der Waals surface area contributed by atoms with E-state index in [1.807, 2.05) is 13.8 Å². The quantitative estimate of drug-likeness (QED) is 0.888. The molecule has 3 heteroatoms. The van der Waals surface area contributed by atoms with Crippen LogP contribution in [0.5, 0.6) is 0 Å². The molecule has 18 heavy (non-hydrogen) atoms. The molecule has 0 unspecified atom stereocenters. The van der Waals surface area contributed by atoms with Gasteiger partial charge >= 0.3 is 0 Å². The molecule has 98 valence electrons. The van der Waals surface area contributed by atoms with Crippen molar-refractivity contribution in [2.45, 2.75) is 38.6 Å². The van der Waals surface area contributed by atoms with E-state index in [0.717, 1.165) is 5.56 Å². The molecule has 1 heterocycles. The maximum atomic E-state index is 12.3. The SMILES string of the molecule is Cc1cc(C)cc(CC(=O)C2(N)CCOCC2)c1. The fraction of sp³-hybridized carbons (Fsp3) is 0.533. The number of carbonyl (C=O) groups is 1. The highest BCUT2D eigenvalue weighted by Gasteiger charge is 2.35. The van der Waals surface area contributed by atoms with Gasteiger partial charge in [-0.15, -0.1) is 0 Å². The van der Waals surface area contributed by atoms with Crippen molar-refractivity contribution in [2.24, 2.45) is 5.73 Å². The zero-order valence-electron chi connectivity index (χ0n) is 11.2. The number of Topliss-reactive ketones (excluding diaryl/α,β-unsaturated/α-hetero) is 1. The molecule has 0 bridgehead atoms. The molecule has 0 radical (unpaired) electrons. The van der Waals surface area contributed by atoms with Crippen molar-refractivity contribution in [3.05, 3.63) is 34.9 Å². The Balaban J connectivity index is 2.10. The average molecular weight is 247 g/mol. The maximum absolute atomic E-state index is 12.3. The molecule has 1 aliphatic heterocycles. The highest BCUT2D eigenvalue weighted by molar-refractivity contribution is 5.90. The number of carbonyl (C=O) groups excluding carboxylic acids is 1. The number of ketones is 1. The van der Waals surface area contributed by atoms with E-state index in [2.05, 4.69) is 18.2 Å². The number of hydrogen-bond acceptors (Lipinski definition) is 3. The predicted molar refractivity (Wildman–Crippen MR) is 71.6 cm³/mol. The van der Waals surface area contributed by atoms with Gasteiger partial charge in [-0.25, -0.2) is 0 Å². The molecule has 0 saturated carbocycles. The first kappa shape index (κ1) is 13.2. The summed E-state index contributed by atoms with van der Waals surface area (Å²) in [7, 11) is 0. The van der Waals surface area contributed by atoms with Crippen molar-refractivity contribution in [1.29, 1.82) is 0 Å². The smallest absolute Gasteiger partial charge is 0.157 e. The largest absolute Gasteiger partial charge is 0.381 e. The number of aryl methyl sites for hydroxylation is 2. The lowest BCUT2D eigenvalue weighted by molar-refractivity contribution is -0.126. The van der Waals surface area contributed by atoms with Crippen LogP contribution in [0.15, 0.2) is 18.2 Å². The van der Waals surface area contributed by atoms with E-state index in [1.54, 1.807) is 0 Å². The lowest BCUT2D eigenvalue weighted by Gasteiger charge is -2.31. The molecular formula is C15H21NO2. The van der Waals surface area contributed by atoms with E-state index >= 15 is 0 Å². The molecule has 0 aliphatic carbocycles. The molecule has 2 N–H and O–H groups in total. The van der Waals surface area contributed by atoms with Crippen LogP contribution in [-0.2, 0) is 16.0 Å². The van der Waals surface area contributed by atoms with Gasteiger partial charge in [-0.05, 0) is 32.3 Å². The molecule has 1 aromatic carbocycles. The van der Waals surface area contributed by atoms with Crippen LogP contribution in [0.2, 0.25) is 0 Å². The van der Waals surface area contributed by atoms with Gasteiger partial charge in [0.05, 0.1) is 5.54 Å². The molecule has 2 rings (SSSR count). The van der Waals surface area contributed by atoms with Crippen molar-refractivity contribution < 1.29 is 9.53 Å². The van der Waals surface area contributed by atoms with E-state index in [9.17, 15) is 4.79 Å². The van der Waals surface area contributed by atoms with E-state index < -0.39 is 5.54 Å². The van der Waals surface area contributed by atoms with E-state index in [4.69, 9.17) is 10.5 Å². The molecule has 0 amide bonds. The van der Waals surface area contributed by atoms with E-state index in [1.165, 1.54) is 11.1 Å². The van der Waals surface area contributed by atoms with Crippen LogP contribution in [-0.4, -0.2) is 24.5 Å². The summed E-state index contributed by atoms with van der Waals surface area (Å²) < 4.78 is 5.27. The van der Waals surface area contributed by atoms with Crippen LogP contribution in [0, 0.1) is 13.8 Å².